The van der Waals surface area contributed by atoms with Crippen LogP contribution in [0, 0.1) is 0 Å². The van der Waals surface area contributed by atoms with E-state index in [-0.39, 0.29) is 0 Å². The summed E-state index contributed by atoms with van der Waals surface area (Å²) in [5.41, 5.74) is 3.03. The van der Waals surface area contributed by atoms with E-state index in [9.17, 15) is 0 Å². The summed E-state index contributed by atoms with van der Waals surface area (Å²) >= 11 is 7.85. The summed E-state index contributed by atoms with van der Waals surface area (Å²) in [7, 11) is 0. The average molecular weight is 287 g/mol. The quantitative estimate of drug-likeness (QED) is 0.659. The molecule has 0 aliphatic rings. The Balaban J connectivity index is 1.92. The smallest absolute Gasteiger partial charge is 0.102 e. The summed E-state index contributed by atoms with van der Waals surface area (Å²) in [6.07, 6.45) is 3.40. The van der Waals surface area contributed by atoms with E-state index in [0.29, 0.717) is 5.02 Å². The van der Waals surface area contributed by atoms with E-state index in [1.807, 2.05) is 30.3 Å². The molecule has 0 aliphatic carbocycles. The Hall–Kier alpha value is -1.58. The van der Waals surface area contributed by atoms with Crippen molar-refractivity contribution in [2.24, 2.45) is 0 Å². The molecule has 0 radical (unpaired) electrons. The van der Waals surface area contributed by atoms with Crippen LogP contribution in [0.15, 0.2) is 59.8 Å². The van der Waals surface area contributed by atoms with E-state index in [1.54, 1.807) is 24.2 Å². The van der Waals surface area contributed by atoms with Gasteiger partial charge in [0.05, 0.1) is 5.52 Å². The lowest BCUT2D eigenvalue weighted by Crippen LogP contribution is -1.87. The zero-order chi connectivity index (χ0) is 13.1. The summed E-state index contributed by atoms with van der Waals surface area (Å²) < 4.78 is 0. The second kappa shape index (κ2) is 5.59. The van der Waals surface area contributed by atoms with Crippen LogP contribution in [0.3, 0.4) is 0 Å². The van der Waals surface area contributed by atoms with Gasteiger partial charge in [0.15, 0.2) is 0 Å². The van der Waals surface area contributed by atoms with E-state index in [1.165, 1.54) is 5.56 Å². The molecule has 0 spiro atoms. The van der Waals surface area contributed by atoms with Crippen LogP contribution in [0.2, 0.25) is 5.02 Å². The fraction of sp³-hybridized carbons (Fsp3) is 0.0667. The van der Waals surface area contributed by atoms with Gasteiger partial charge in [-0.25, -0.2) is 0 Å². The maximum atomic E-state index is 6.12. The van der Waals surface area contributed by atoms with Crippen molar-refractivity contribution in [1.82, 2.24) is 9.97 Å². The van der Waals surface area contributed by atoms with Crippen LogP contribution in [0.1, 0.15) is 5.56 Å². The van der Waals surface area contributed by atoms with Gasteiger partial charge < -0.3 is 0 Å². The largest absolute Gasteiger partial charge is 0.253 e. The van der Waals surface area contributed by atoms with Gasteiger partial charge >= 0.3 is 0 Å². The summed E-state index contributed by atoms with van der Waals surface area (Å²) in [5.74, 6) is 0.896. The number of benzene rings is 2. The summed E-state index contributed by atoms with van der Waals surface area (Å²) in [5, 5.41) is 0.698. The van der Waals surface area contributed by atoms with Crippen LogP contribution in [-0.2, 0) is 5.75 Å². The molecular formula is C15H11ClN2S. The first-order valence-electron chi connectivity index (χ1n) is 5.90. The van der Waals surface area contributed by atoms with Crippen molar-refractivity contribution < 1.29 is 0 Å². The summed E-state index contributed by atoms with van der Waals surface area (Å²) in [4.78, 5) is 9.76. The van der Waals surface area contributed by atoms with Crippen LogP contribution < -0.4 is 0 Å². The second-order valence-electron chi connectivity index (χ2n) is 4.10. The van der Waals surface area contributed by atoms with Gasteiger partial charge in [0.25, 0.3) is 0 Å². The molecule has 2 aromatic carbocycles. The van der Waals surface area contributed by atoms with Crippen molar-refractivity contribution in [3.05, 3.63) is 65.4 Å². The summed E-state index contributed by atoms with van der Waals surface area (Å²) in [6, 6.07) is 14.1. The Morgan fingerprint density at radius 2 is 1.79 bits per heavy atom. The number of thioether (sulfide) groups is 1. The Kier molecular flexibility index (Phi) is 3.67. The predicted molar refractivity (Wildman–Crippen MR) is 80.6 cm³/mol. The standard InChI is InChI=1S/C15H11ClN2S/c16-12-8-13-15(18-7-6-17-13)14(9-12)19-10-11-4-2-1-3-5-11/h1-9H,10H2. The van der Waals surface area contributed by atoms with Gasteiger partial charge in [-0.15, -0.1) is 11.8 Å². The minimum Gasteiger partial charge on any atom is -0.253 e. The SMILES string of the molecule is Clc1cc(SCc2ccccc2)c2nccnc2c1. The third-order valence-electron chi connectivity index (χ3n) is 2.74. The molecule has 19 heavy (non-hydrogen) atoms. The number of hydrogen-bond donors (Lipinski definition) is 0. The minimum absolute atomic E-state index is 0.698. The van der Waals surface area contributed by atoms with E-state index in [0.717, 1.165) is 21.7 Å². The van der Waals surface area contributed by atoms with E-state index >= 15 is 0 Å². The molecule has 0 aliphatic heterocycles. The van der Waals surface area contributed by atoms with Crippen LogP contribution in [0.4, 0.5) is 0 Å². The van der Waals surface area contributed by atoms with E-state index in [2.05, 4.69) is 22.1 Å². The number of hydrogen-bond acceptors (Lipinski definition) is 3. The third-order valence-corrected chi connectivity index (χ3v) is 4.06. The van der Waals surface area contributed by atoms with Crippen molar-refractivity contribution in [2.45, 2.75) is 10.6 Å². The molecular weight excluding hydrogens is 276 g/mol. The molecule has 3 rings (SSSR count). The second-order valence-corrected chi connectivity index (χ2v) is 5.56. The highest BCUT2D eigenvalue weighted by Gasteiger charge is 2.06. The molecule has 0 bridgehead atoms. The molecule has 0 atom stereocenters. The maximum Gasteiger partial charge on any atom is 0.102 e. The van der Waals surface area contributed by atoms with Crippen molar-refractivity contribution in [1.29, 1.82) is 0 Å². The molecule has 0 fully saturated rings. The zero-order valence-electron chi connectivity index (χ0n) is 10.1. The Morgan fingerprint density at radius 1 is 1.00 bits per heavy atom. The van der Waals surface area contributed by atoms with Gasteiger partial charge in [-0.05, 0) is 17.7 Å². The molecule has 4 heteroatoms. The first kappa shape index (κ1) is 12.5. The lowest BCUT2D eigenvalue weighted by Gasteiger charge is -2.06. The van der Waals surface area contributed by atoms with Crippen LogP contribution in [0.5, 0.6) is 0 Å². The summed E-state index contributed by atoms with van der Waals surface area (Å²) in [6.45, 7) is 0. The molecule has 0 N–H and O–H groups in total. The van der Waals surface area contributed by atoms with Gasteiger partial charge in [-0.3, -0.25) is 9.97 Å². The predicted octanol–water partition coefficient (Wildman–Crippen LogP) is 4.58. The first-order chi connectivity index (χ1) is 9.33. The van der Waals surface area contributed by atoms with Crippen LogP contribution in [0.25, 0.3) is 11.0 Å². The topological polar surface area (TPSA) is 25.8 Å². The monoisotopic (exact) mass is 286 g/mol. The maximum absolute atomic E-state index is 6.12. The molecule has 0 saturated carbocycles. The van der Waals surface area contributed by atoms with Gasteiger partial charge in [0, 0.05) is 28.1 Å². The van der Waals surface area contributed by atoms with Crippen molar-refractivity contribution in [3.63, 3.8) is 0 Å². The number of rotatable bonds is 3. The normalized spacial score (nSPS) is 10.8. The minimum atomic E-state index is 0.698. The lowest BCUT2D eigenvalue weighted by molar-refractivity contribution is 1.26. The molecule has 0 saturated heterocycles. The zero-order valence-corrected chi connectivity index (χ0v) is 11.7. The average Bonchev–Trinajstić information content (AvgIpc) is 2.45. The fourth-order valence-corrected chi connectivity index (χ4v) is 3.15. The molecule has 0 amide bonds. The molecule has 3 aromatic rings. The Bertz CT molecular complexity index is 701. The number of nitrogens with zero attached hydrogens (tertiary/aromatic N) is 2. The van der Waals surface area contributed by atoms with Crippen molar-refractivity contribution >= 4 is 34.4 Å². The van der Waals surface area contributed by atoms with Crippen LogP contribution in [-0.4, -0.2) is 9.97 Å². The van der Waals surface area contributed by atoms with Gasteiger partial charge in [0.2, 0.25) is 0 Å². The Morgan fingerprint density at radius 3 is 2.63 bits per heavy atom. The van der Waals surface area contributed by atoms with Gasteiger partial charge in [0.1, 0.15) is 5.52 Å². The highest BCUT2D eigenvalue weighted by Crippen LogP contribution is 2.31. The highest BCUT2D eigenvalue weighted by atomic mass is 35.5. The van der Waals surface area contributed by atoms with Gasteiger partial charge in [-0.1, -0.05) is 41.9 Å². The molecule has 1 aromatic heterocycles. The van der Waals surface area contributed by atoms with Crippen molar-refractivity contribution in [3.8, 4) is 0 Å². The van der Waals surface area contributed by atoms with Crippen LogP contribution >= 0.6 is 23.4 Å². The molecule has 0 unspecified atom stereocenters. The van der Waals surface area contributed by atoms with Crippen molar-refractivity contribution in [2.75, 3.05) is 0 Å². The fourth-order valence-electron chi connectivity index (χ4n) is 1.86. The molecule has 94 valence electrons. The highest BCUT2D eigenvalue weighted by molar-refractivity contribution is 7.98. The number of fused-ring (bicyclic) bond motifs is 1. The number of halogens is 1. The number of aromatic nitrogens is 2. The van der Waals surface area contributed by atoms with E-state index in [4.69, 9.17) is 11.6 Å². The van der Waals surface area contributed by atoms with E-state index < -0.39 is 0 Å². The first-order valence-corrected chi connectivity index (χ1v) is 7.26. The third kappa shape index (κ3) is 2.88. The molecule has 2 nitrogen and oxygen atoms in total. The Labute approximate surface area is 120 Å². The lowest BCUT2D eigenvalue weighted by atomic mass is 10.2. The molecule has 1 heterocycles. The van der Waals surface area contributed by atoms with Gasteiger partial charge in [-0.2, -0.15) is 0 Å².